The molecule has 2 aromatic carbocycles. The average molecular weight is 465 g/mol. The van der Waals surface area contributed by atoms with Crippen LogP contribution < -0.4 is 10.4 Å². The van der Waals surface area contributed by atoms with Gasteiger partial charge in [-0.25, -0.2) is 0 Å². The van der Waals surface area contributed by atoms with Crippen molar-refractivity contribution in [2.24, 2.45) is 0 Å². The second-order valence-corrected chi connectivity index (χ2v) is 25.5. The highest BCUT2D eigenvalue weighted by Crippen LogP contribution is 2.27. The van der Waals surface area contributed by atoms with Gasteiger partial charge in [0.25, 0.3) is 0 Å². The van der Waals surface area contributed by atoms with Gasteiger partial charge in [0.15, 0.2) is 16.6 Å². The molecule has 0 amide bonds. The minimum absolute atomic E-state index is 0.0498. The van der Waals surface area contributed by atoms with Crippen LogP contribution in [0.25, 0.3) is 0 Å². The van der Waals surface area contributed by atoms with Crippen LogP contribution in [0.1, 0.15) is 0 Å². The highest BCUT2D eigenvalue weighted by molar-refractivity contribution is 7.02. The largest absolute Gasteiger partial charge is 0.437 e. The van der Waals surface area contributed by atoms with Crippen LogP contribution in [0.2, 0.25) is 51.9 Å². The summed E-state index contributed by atoms with van der Waals surface area (Å²) in [6, 6.07) is 21.2. The summed E-state index contributed by atoms with van der Waals surface area (Å²) in [6.07, 6.45) is 0. The van der Waals surface area contributed by atoms with Gasteiger partial charge in [-0.1, -0.05) is 60.7 Å². The molecule has 0 spiro atoms. The van der Waals surface area contributed by atoms with Crippen molar-refractivity contribution in [2.45, 2.75) is 51.9 Å². The van der Waals surface area contributed by atoms with Crippen LogP contribution in [0, 0.1) is 0 Å². The molecule has 2 rings (SSSR count). The van der Waals surface area contributed by atoms with Gasteiger partial charge < -0.3 is 17.5 Å². The van der Waals surface area contributed by atoms with Gasteiger partial charge in [0, 0.05) is 12.7 Å². The fraction of sp³-hybridized carbons (Fsp3) is 0.429. The van der Waals surface area contributed by atoms with Gasteiger partial charge in [0.05, 0.1) is 0 Å². The summed E-state index contributed by atoms with van der Waals surface area (Å²) in [5.41, 5.74) is 0. The Morgan fingerprint density at radius 3 is 1.38 bits per heavy atom. The van der Waals surface area contributed by atoms with Gasteiger partial charge in [-0.2, -0.15) is 0 Å². The summed E-state index contributed by atoms with van der Waals surface area (Å²) in [7, 11) is -9.63. The number of benzene rings is 2. The van der Waals surface area contributed by atoms with Crippen LogP contribution >= 0.6 is 0 Å². The van der Waals surface area contributed by atoms with E-state index in [1.807, 2.05) is 36.4 Å². The lowest BCUT2D eigenvalue weighted by atomic mass is 10.4. The van der Waals surface area contributed by atoms with Crippen molar-refractivity contribution in [3.8, 4) is 0 Å². The Bertz CT molecular complexity index is 720. The predicted octanol–water partition coefficient (Wildman–Crippen LogP) is 4.03. The maximum Gasteiger partial charge on any atom is 0.388 e. The summed E-state index contributed by atoms with van der Waals surface area (Å²) < 4.78 is 20.8. The van der Waals surface area contributed by atoms with E-state index in [1.165, 1.54) is 0 Å². The standard InChI is InChI=1S/C21H36O4Si4/c1-26(2,3)23-28(7,19-18-22)25-29(24-27(4,5)6,20-14-10-8-11-15-20)21-16-12-9-13-17-21/h8-17,22H,18-19H2,1-7H3. The third kappa shape index (κ3) is 7.11. The second kappa shape index (κ2) is 9.52. The van der Waals surface area contributed by atoms with Gasteiger partial charge in [-0.05, 0) is 56.2 Å². The van der Waals surface area contributed by atoms with Gasteiger partial charge in [-0.3, -0.25) is 0 Å². The molecule has 0 aliphatic rings. The van der Waals surface area contributed by atoms with Crippen molar-refractivity contribution in [1.82, 2.24) is 0 Å². The van der Waals surface area contributed by atoms with Crippen LogP contribution in [0.15, 0.2) is 60.7 Å². The van der Waals surface area contributed by atoms with E-state index in [-0.39, 0.29) is 6.61 Å². The van der Waals surface area contributed by atoms with Gasteiger partial charge >= 0.3 is 17.1 Å². The number of hydrogen-bond acceptors (Lipinski definition) is 4. The second-order valence-electron chi connectivity index (χ2n) is 9.49. The summed E-state index contributed by atoms with van der Waals surface area (Å²) in [5, 5.41) is 12.0. The number of hydrogen-bond donors (Lipinski definition) is 1. The Morgan fingerprint density at radius 2 is 1.03 bits per heavy atom. The normalized spacial score (nSPS) is 15.2. The lowest BCUT2D eigenvalue weighted by molar-refractivity contribution is 0.283. The molecular formula is C21H36O4Si4. The number of rotatable bonds is 10. The first-order chi connectivity index (χ1) is 13.4. The van der Waals surface area contributed by atoms with Gasteiger partial charge in [0.1, 0.15) is 0 Å². The molecule has 2 aromatic rings. The first kappa shape index (κ1) is 24.4. The van der Waals surface area contributed by atoms with E-state index in [2.05, 4.69) is 70.1 Å². The zero-order chi connectivity index (χ0) is 21.8. The molecule has 1 unspecified atom stereocenters. The lowest BCUT2D eigenvalue weighted by Gasteiger charge is -2.44. The lowest BCUT2D eigenvalue weighted by Crippen LogP contribution is -2.71. The molecule has 0 bridgehead atoms. The Balaban J connectivity index is 2.70. The van der Waals surface area contributed by atoms with E-state index in [4.69, 9.17) is 12.3 Å². The Morgan fingerprint density at radius 1 is 0.621 bits per heavy atom. The molecule has 0 aliphatic heterocycles. The van der Waals surface area contributed by atoms with E-state index in [0.29, 0.717) is 6.04 Å². The minimum atomic E-state index is -3.05. The molecule has 8 heteroatoms. The quantitative estimate of drug-likeness (QED) is 0.539. The number of aliphatic hydroxyl groups is 1. The molecule has 1 N–H and O–H groups in total. The maximum atomic E-state index is 9.84. The first-order valence-electron chi connectivity index (χ1n) is 10.2. The molecule has 29 heavy (non-hydrogen) atoms. The molecule has 0 heterocycles. The third-order valence-electron chi connectivity index (χ3n) is 4.21. The summed E-state index contributed by atoms with van der Waals surface area (Å²) in [6.45, 7) is 15.3. The van der Waals surface area contributed by atoms with Crippen LogP contribution in [0.3, 0.4) is 0 Å². The Hall–Kier alpha value is -0.852. The molecule has 0 aromatic heterocycles. The summed E-state index contributed by atoms with van der Waals surface area (Å²) in [5.74, 6) is 0. The van der Waals surface area contributed by atoms with Crippen molar-refractivity contribution >= 4 is 44.1 Å². The SMILES string of the molecule is C[Si](C)(C)O[Si](C)(CCO)O[Si](O[Si](C)(C)C)(c1ccccc1)c1ccccc1. The summed E-state index contributed by atoms with van der Waals surface area (Å²) in [4.78, 5) is 0. The van der Waals surface area contributed by atoms with Crippen molar-refractivity contribution in [1.29, 1.82) is 0 Å². The zero-order valence-electron chi connectivity index (χ0n) is 18.9. The predicted molar refractivity (Wildman–Crippen MR) is 131 cm³/mol. The molecule has 0 saturated heterocycles. The topological polar surface area (TPSA) is 47.9 Å². The zero-order valence-corrected chi connectivity index (χ0v) is 22.9. The van der Waals surface area contributed by atoms with Crippen molar-refractivity contribution in [2.75, 3.05) is 6.61 Å². The molecule has 0 radical (unpaired) electrons. The van der Waals surface area contributed by atoms with E-state index in [9.17, 15) is 5.11 Å². The van der Waals surface area contributed by atoms with Crippen molar-refractivity contribution in [3.63, 3.8) is 0 Å². The molecule has 0 aliphatic carbocycles. The Labute approximate surface area is 180 Å². The Kier molecular flexibility index (Phi) is 8.02. The fourth-order valence-corrected chi connectivity index (χ4v) is 20.3. The van der Waals surface area contributed by atoms with Crippen LogP contribution in [0.4, 0.5) is 0 Å². The summed E-state index contributed by atoms with van der Waals surface area (Å²) >= 11 is 0. The van der Waals surface area contributed by atoms with Gasteiger partial charge in [0.2, 0.25) is 0 Å². The molecule has 4 nitrogen and oxygen atoms in total. The van der Waals surface area contributed by atoms with Crippen LogP contribution in [-0.2, 0) is 12.3 Å². The van der Waals surface area contributed by atoms with E-state index in [0.717, 1.165) is 10.4 Å². The molecular weight excluding hydrogens is 429 g/mol. The maximum absolute atomic E-state index is 9.84. The highest BCUT2D eigenvalue weighted by Gasteiger charge is 2.52. The minimum Gasteiger partial charge on any atom is -0.437 e. The molecule has 160 valence electrons. The van der Waals surface area contributed by atoms with E-state index in [1.54, 1.807) is 0 Å². The molecule has 0 fully saturated rings. The monoisotopic (exact) mass is 464 g/mol. The number of aliphatic hydroxyl groups excluding tert-OH is 1. The molecule has 1 atom stereocenters. The fourth-order valence-electron chi connectivity index (χ4n) is 3.45. The van der Waals surface area contributed by atoms with Crippen molar-refractivity contribution < 1.29 is 17.5 Å². The highest BCUT2D eigenvalue weighted by atomic mass is 28.5. The van der Waals surface area contributed by atoms with E-state index < -0.39 is 33.8 Å². The van der Waals surface area contributed by atoms with Gasteiger partial charge in [-0.15, -0.1) is 0 Å². The van der Waals surface area contributed by atoms with Crippen LogP contribution in [-0.4, -0.2) is 45.5 Å². The van der Waals surface area contributed by atoms with E-state index >= 15 is 0 Å². The molecule has 0 saturated carbocycles. The third-order valence-corrected chi connectivity index (χ3v) is 18.2. The van der Waals surface area contributed by atoms with Crippen molar-refractivity contribution in [3.05, 3.63) is 60.7 Å². The first-order valence-corrected chi connectivity index (χ1v) is 21.4. The van der Waals surface area contributed by atoms with Crippen LogP contribution in [0.5, 0.6) is 0 Å². The average Bonchev–Trinajstić information content (AvgIpc) is 2.60. The smallest absolute Gasteiger partial charge is 0.388 e.